The van der Waals surface area contributed by atoms with Crippen LogP contribution >= 0.6 is 0 Å². The summed E-state index contributed by atoms with van der Waals surface area (Å²) in [7, 11) is 0. The fraction of sp³-hybridized carbons (Fsp3) is 0.800. The summed E-state index contributed by atoms with van der Waals surface area (Å²) in [5.41, 5.74) is 0. The largest absolute Gasteiger partial charge is 0.481 e. The van der Waals surface area contributed by atoms with Gasteiger partial charge in [0.15, 0.2) is 0 Å². The predicted molar refractivity (Wildman–Crippen MR) is 119 cm³/mol. The first-order chi connectivity index (χ1) is 13.3. The average Bonchev–Trinajstić information content (AvgIpc) is 2.65. The van der Waals surface area contributed by atoms with Crippen molar-refractivity contribution in [3.63, 3.8) is 0 Å². The second kappa shape index (κ2) is 23.0. The van der Waals surface area contributed by atoms with Crippen LogP contribution in [-0.2, 0) is 4.79 Å². The van der Waals surface area contributed by atoms with E-state index in [0.29, 0.717) is 6.42 Å². The molecule has 158 valence electrons. The van der Waals surface area contributed by atoms with Crippen LogP contribution in [0.25, 0.3) is 0 Å². The van der Waals surface area contributed by atoms with E-state index in [0.717, 1.165) is 19.3 Å². The van der Waals surface area contributed by atoms with Gasteiger partial charge in [0.05, 0.1) is 0 Å². The van der Waals surface area contributed by atoms with E-state index in [4.69, 9.17) is 5.11 Å². The molecule has 0 aliphatic rings. The van der Waals surface area contributed by atoms with Crippen molar-refractivity contribution in [1.82, 2.24) is 0 Å². The molecular formula is C25H46O2. The minimum Gasteiger partial charge on any atom is -0.481 e. The number of aliphatic carboxylic acids is 1. The van der Waals surface area contributed by atoms with E-state index in [2.05, 4.69) is 31.2 Å². The molecule has 0 heterocycles. The molecule has 1 N–H and O–H groups in total. The maximum absolute atomic E-state index is 10.4. The van der Waals surface area contributed by atoms with Crippen LogP contribution in [-0.4, -0.2) is 11.1 Å². The van der Waals surface area contributed by atoms with Crippen molar-refractivity contribution in [2.45, 2.75) is 129 Å². The fourth-order valence-corrected chi connectivity index (χ4v) is 3.33. The smallest absolute Gasteiger partial charge is 0.303 e. The Kier molecular flexibility index (Phi) is 22.1. The minimum absolute atomic E-state index is 0.334. The number of carboxylic acids is 1. The van der Waals surface area contributed by atoms with Crippen LogP contribution in [0.5, 0.6) is 0 Å². The highest BCUT2D eigenvalue weighted by Crippen LogP contribution is 2.11. The lowest BCUT2D eigenvalue weighted by atomic mass is 10.1. The molecule has 0 aromatic rings. The van der Waals surface area contributed by atoms with Crippen molar-refractivity contribution in [3.05, 3.63) is 24.3 Å². The van der Waals surface area contributed by atoms with E-state index in [1.807, 2.05) is 0 Å². The summed E-state index contributed by atoms with van der Waals surface area (Å²) in [5.74, 6) is -0.660. The molecule has 0 bridgehead atoms. The van der Waals surface area contributed by atoms with Gasteiger partial charge in [-0.2, -0.15) is 0 Å². The molecule has 0 aromatic heterocycles. The van der Waals surface area contributed by atoms with Gasteiger partial charge in [-0.1, -0.05) is 108 Å². The first kappa shape index (κ1) is 26.0. The van der Waals surface area contributed by atoms with Gasteiger partial charge in [0.25, 0.3) is 0 Å². The summed E-state index contributed by atoms with van der Waals surface area (Å²) < 4.78 is 0. The Morgan fingerprint density at radius 3 is 1.44 bits per heavy atom. The van der Waals surface area contributed by atoms with Crippen LogP contribution in [0.2, 0.25) is 0 Å². The lowest BCUT2D eigenvalue weighted by Crippen LogP contribution is -1.93. The highest BCUT2D eigenvalue weighted by molar-refractivity contribution is 5.66. The lowest BCUT2D eigenvalue weighted by molar-refractivity contribution is -0.137. The quantitative estimate of drug-likeness (QED) is 0.160. The second-order valence-corrected chi connectivity index (χ2v) is 7.85. The number of allylic oxidation sites excluding steroid dienone is 4. The summed E-state index contributed by atoms with van der Waals surface area (Å²) in [5, 5.41) is 8.57. The third-order valence-electron chi connectivity index (χ3n) is 5.09. The van der Waals surface area contributed by atoms with Gasteiger partial charge >= 0.3 is 5.97 Å². The van der Waals surface area contributed by atoms with Crippen molar-refractivity contribution in [1.29, 1.82) is 0 Å². The van der Waals surface area contributed by atoms with Gasteiger partial charge in [-0.3, -0.25) is 4.79 Å². The first-order valence-corrected chi connectivity index (χ1v) is 11.8. The zero-order valence-electron chi connectivity index (χ0n) is 18.1. The standard InChI is InChI=1S/C25H46O2/c1-2-3-4-5-6-7-8-9-10-11-12-13-14-15-16-17-18-19-20-21-22-23-24-25(26)27/h10-11,13-14H,2-9,12,15-24H2,1H3,(H,26,27). The molecule has 0 fully saturated rings. The molecule has 0 amide bonds. The molecule has 0 saturated carbocycles. The Hall–Kier alpha value is -1.05. The van der Waals surface area contributed by atoms with Gasteiger partial charge in [0.1, 0.15) is 0 Å². The van der Waals surface area contributed by atoms with Crippen molar-refractivity contribution < 1.29 is 9.90 Å². The summed E-state index contributed by atoms with van der Waals surface area (Å²) in [6.45, 7) is 2.27. The van der Waals surface area contributed by atoms with Crippen LogP contribution in [0.3, 0.4) is 0 Å². The van der Waals surface area contributed by atoms with Gasteiger partial charge in [-0.25, -0.2) is 0 Å². The molecule has 2 heteroatoms. The monoisotopic (exact) mass is 378 g/mol. The fourth-order valence-electron chi connectivity index (χ4n) is 3.33. The van der Waals surface area contributed by atoms with Crippen LogP contribution in [0, 0.1) is 0 Å². The van der Waals surface area contributed by atoms with Crippen LogP contribution < -0.4 is 0 Å². The first-order valence-electron chi connectivity index (χ1n) is 11.8. The molecule has 0 aliphatic heterocycles. The normalized spacial score (nSPS) is 11.7. The van der Waals surface area contributed by atoms with E-state index in [1.54, 1.807) is 0 Å². The van der Waals surface area contributed by atoms with Gasteiger partial charge in [0.2, 0.25) is 0 Å². The topological polar surface area (TPSA) is 37.3 Å². The summed E-state index contributed by atoms with van der Waals surface area (Å²) in [4.78, 5) is 10.4. The van der Waals surface area contributed by atoms with Crippen LogP contribution in [0.15, 0.2) is 24.3 Å². The van der Waals surface area contributed by atoms with Crippen molar-refractivity contribution in [3.8, 4) is 0 Å². The van der Waals surface area contributed by atoms with Gasteiger partial charge in [-0.05, 0) is 38.5 Å². The number of hydrogen-bond donors (Lipinski definition) is 1. The highest BCUT2D eigenvalue weighted by Gasteiger charge is 1.96. The predicted octanol–water partition coefficient (Wildman–Crippen LogP) is 8.62. The minimum atomic E-state index is -0.660. The summed E-state index contributed by atoms with van der Waals surface area (Å²) >= 11 is 0. The van der Waals surface area contributed by atoms with Crippen LogP contribution in [0.4, 0.5) is 0 Å². The van der Waals surface area contributed by atoms with Crippen LogP contribution in [0.1, 0.15) is 129 Å². The maximum Gasteiger partial charge on any atom is 0.303 e. The summed E-state index contributed by atoms with van der Waals surface area (Å²) in [6, 6.07) is 0. The highest BCUT2D eigenvalue weighted by atomic mass is 16.4. The Morgan fingerprint density at radius 1 is 0.593 bits per heavy atom. The third kappa shape index (κ3) is 24.9. The Balaban J connectivity index is 3.17. The number of carbonyl (C=O) groups is 1. The molecule has 0 atom stereocenters. The molecule has 0 aromatic carbocycles. The zero-order chi connectivity index (χ0) is 19.8. The van der Waals surface area contributed by atoms with E-state index >= 15 is 0 Å². The molecule has 2 nitrogen and oxygen atoms in total. The molecule has 0 radical (unpaired) electrons. The van der Waals surface area contributed by atoms with E-state index in [9.17, 15) is 4.79 Å². The molecule has 0 spiro atoms. The van der Waals surface area contributed by atoms with E-state index < -0.39 is 5.97 Å². The average molecular weight is 379 g/mol. The number of hydrogen-bond acceptors (Lipinski definition) is 1. The number of unbranched alkanes of at least 4 members (excludes halogenated alkanes) is 15. The van der Waals surface area contributed by atoms with E-state index in [-0.39, 0.29) is 0 Å². The lowest BCUT2D eigenvalue weighted by Gasteiger charge is -2.00. The van der Waals surface area contributed by atoms with Gasteiger partial charge in [0, 0.05) is 6.42 Å². The SMILES string of the molecule is CCCCCCCCCC=CCC=CCCCCCCCCCCC(=O)O. The molecule has 0 rings (SSSR count). The molecule has 0 unspecified atom stereocenters. The van der Waals surface area contributed by atoms with Crippen molar-refractivity contribution >= 4 is 5.97 Å². The zero-order valence-corrected chi connectivity index (χ0v) is 18.1. The summed E-state index contributed by atoms with van der Waals surface area (Å²) in [6.07, 6.45) is 32.6. The Bertz CT molecular complexity index is 357. The molecular weight excluding hydrogens is 332 g/mol. The second-order valence-electron chi connectivity index (χ2n) is 7.85. The Morgan fingerprint density at radius 2 is 1.00 bits per heavy atom. The maximum atomic E-state index is 10.4. The van der Waals surface area contributed by atoms with Gasteiger partial charge in [-0.15, -0.1) is 0 Å². The van der Waals surface area contributed by atoms with Gasteiger partial charge < -0.3 is 5.11 Å². The number of rotatable bonds is 21. The number of carboxylic acid groups (broad SMARTS) is 1. The Labute approximate surface area is 169 Å². The molecule has 0 saturated heterocycles. The van der Waals surface area contributed by atoms with E-state index in [1.165, 1.54) is 96.3 Å². The van der Waals surface area contributed by atoms with Crippen molar-refractivity contribution in [2.75, 3.05) is 0 Å². The molecule has 27 heavy (non-hydrogen) atoms. The van der Waals surface area contributed by atoms with Crippen molar-refractivity contribution in [2.24, 2.45) is 0 Å². The third-order valence-corrected chi connectivity index (χ3v) is 5.09. The molecule has 0 aliphatic carbocycles.